The molecule has 0 atom stereocenters. The molecule has 3 N–H and O–H groups in total. The van der Waals surface area contributed by atoms with E-state index in [2.05, 4.69) is 5.32 Å². The molecule has 1 aromatic rings. The molecule has 0 aromatic heterocycles. The van der Waals surface area contributed by atoms with Gasteiger partial charge in [0.2, 0.25) is 5.91 Å². The minimum atomic E-state index is -0.230. The fourth-order valence-corrected chi connectivity index (χ4v) is 1.62. The summed E-state index contributed by atoms with van der Waals surface area (Å²) in [6.45, 7) is 1.63. The lowest BCUT2D eigenvalue weighted by Gasteiger charge is -2.05. The fraction of sp³-hybridized carbons (Fsp3) is 0.417. The first-order valence-electron chi connectivity index (χ1n) is 5.42. The Bertz CT molecular complexity index is 342. The Morgan fingerprint density at radius 1 is 1.31 bits per heavy atom. The lowest BCUT2D eigenvalue weighted by atomic mass is 10.2. The maximum absolute atomic E-state index is 10.5. The molecule has 1 aromatic carbocycles. The molecule has 0 aliphatic rings. The van der Waals surface area contributed by atoms with Crippen LogP contribution in [-0.2, 0) is 11.3 Å². The van der Waals surface area contributed by atoms with Crippen LogP contribution in [0.25, 0.3) is 0 Å². The summed E-state index contributed by atoms with van der Waals surface area (Å²) in [6, 6.07) is 7.76. The molecule has 4 heteroatoms. The van der Waals surface area contributed by atoms with Crippen LogP contribution in [-0.4, -0.2) is 12.5 Å². The van der Waals surface area contributed by atoms with Gasteiger partial charge in [0.25, 0.3) is 0 Å². The first-order chi connectivity index (χ1) is 7.70. The summed E-state index contributed by atoms with van der Waals surface area (Å²) in [5.74, 6) is -0.230. The van der Waals surface area contributed by atoms with Gasteiger partial charge in [-0.3, -0.25) is 4.79 Å². The minimum absolute atomic E-state index is 0.230. The van der Waals surface area contributed by atoms with Crippen LogP contribution in [0.2, 0.25) is 5.02 Å². The summed E-state index contributed by atoms with van der Waals surface area (Å²) >= 11 is 6.00. The third-order valence-electron chi connectivity index (χ3n) is 2.30. The zero-order valence-electron chi connectivity index (χ0n) is 9.21. The number of amides is 1. The standard InChI is InChI=1S/C12H17ClN2O/c13-11-6-2-1-5-10(11)9-15-8-4-3-7-12(14)16/h1-2,5-6,15H,3-4,7-9H2,(H2,14,16). The van der Waals surface area contributed by atoms with Crippen molar-refractivity contribution in [2.24, 2.45) is 5.73 Å². The largest absolute Gasteiger partial charge is 0.370 e. The summed E-state index contributed by atoms with van der Waals surface area (Å²) in [5.41, 5.74) is 6.14. The van der Waals surface area contributed by atoms with Crippen molar-refractivity contribution in [2.45, 2.75) is 25.8 Å². The second kappa shape index (κ2) is 7.25. The molecule has 0 saturated heterocycles. The Morgan fingerprint density at radius 3 is 2.75 bits per heavy atom. The smallest absolute Gasteiger partial charge is 0.217 e. The molecule has 0 fully saturated rings. The Kier molecular flexibility index (Phi) is 5.90. The van der Waals surface area contributed by atoms with Gasteiger partial charge < -0.3 is 11.1 Å². The van der Waals surface area contributed by atoms with Crippen LogP contribution in [0.5, 0.6) is 0 Å². The van der Waals surface area contributed by atoms with Gasteiger partial charge in [0.1, 0.15) is 0 Å². The van der Waals surface area contributed by atoms with Crippen molar-refractivity contribution < 1.29 is 4.79 Å². The second-order valence-corrected chi connectivity index (χ2v) is 4.10. The van der Waals surface area contributed by atoms with Crippen LogP contribution < -0.4 is 11.1 Å². The predicted molar refractivity (Wildman–Crippen MR) is 66.2 cm³/mol. The first kappa shape index (κ1) is 13.0. The average Bonchev–Trinajstić information content (AvgIpc) is 2.25. The molecule has 0 bridgehead atoms. The summed E-state index contributed by atoms with van der Waals surface area (Å²) in [6.07, 6.45) is 2.26. The van der Waals surface area contributed by atoms with Crippen molar-refractivity contribution in [3.8, 4) is 0 Å². The van der Waals surface area contributed by atoms with E-state index in [1.807, 2.05) is 24.3 Å². The number of hydrogen-bond acceptors (Lipinski definition) is 2. The third kappa shape index (κ3) is 5.14. The van der Waals surface area contributed by atoms with E-state index in [1.165, 1.54) is 0 Å². The first-order valence-corrected chi connectivity index (χ1v) is 5.80. The number of benzene rings is 1. The highest BCUT2D eigenvalue weighted by Gasteiger charge is 1.98. The lowest BCUT2D eigenvalue weighted by Crippen LogP contribution is -2.16. The van der Waals surface area contributed by atoms with Gasteiger partial charge in [-0.25, -0.2) is 0 Å². The van der Waals surface area contributed by atoms with E-state index in [9.17, 15) is 4.79 Å². The number of nitrogens with two attached hydrogens (primary N) is 1. The molecule has 16 heavy (non-hydrogen) atoms. The normalized spacial score (nSPS) is 10.3. The zero-order valence-corrected chi connectivity index (χ0v) is 9.96. The molecule has 1 amide bonds. The van der Waals surface area contributed by atoms with E-state index >= 15 is 0 Å². The highest BCUT2D eigenvalue weighted by atomic mass is 35.5. The molecule has 0 aliphatic heterocycles. The van der Waals surface area contributed by atoms with Gasteiger partial charge in [-0.2, -0.15) is 0 Å². The van der Waals surface area contributed by atoms with Crippen molar-refractivity contribution in [2.75, 3.05) is 6.54 Å². The molecule has 88 valence electrons. The number of rotatable bonds is 7. The third-order valence-corrected chi connectivity index (χ3v) is 2.67. The van der Waals surface area contributed by atoms with E-state index in [-0.39, 0.29) is 5.91 Å². The van der Waals surface area contributed by atoms with Gasteiger partial charge in [-0.1, -0.05) is 29.8 Å². The molecule has 0 saturated carbocycles. The number of carbonyl (C=O) groups excluding carboxylic acids is 1. The number of hydrogen-bond donors (Lipinski definition) is 2. The molecule has 3 nitrogen and oxygen atoms in total. The second-order valence-electron chi connectivity index (χ2n) is 3.69. The van der Waals surface area contributed by atoms with Crippen LogP contribution in [0.3, 0.4) is 0 Å². The monoisotopic (exact) mass is 240 g/mol. The van der Waals surface area contributed by atoms with Crippen molar-refractivity contribution in [1.29, 1.82) is 0 Å². The van der Waals surface area contributed by atoms with Crippen molar-refractivity contribution in [3.63, 3.8) is 0 Å². The molecule has 0 radical (unpaired) electrons. The van der Waals surface area contributed by atoms with Gasteiger partial charge in [0.15, 0.2) is 0 Å². The molecule has 0 aliphatic carbocycles. The number of halogens is 1. The van der Waals surface area contributed by atoms with E-state index < -0.39 is 0 Å². The van der Waals surface area contributed by atoms with Crippen LogP contribution in [0.4, 0.5) is 0 Å². The molecule has 1 rings (SSSR count). The molecule has 0 heterocycles. The van der Waals surface area contributed by atoms with Gasteiger partial charge >= 0.3 is 0 Å². The highest BCUT2D eigenvalue weighted by Crippen LogP contribution is 2.14. The maximum atomic E-state index is 10.5. The van der Waals surface area contributed by atoms with E-state index in [0.29, 0.717) is 6.42 Å². The number of unbranched alkanes of at least 4 members (excludes halogenated alkanes) is 1. The Hall–Kier alpha value is -1.06. The zero-order chi connectivity index (χ0) is 11.8. The van der Waals surface area contributed by atoms with Crippen molar-refractivity contribution in [3.05, 3.63) is 34.9 Å². The number of primary amides is 1. The van der Waals surface area contributed by atoms with Crippen molar-refractivity contribution in [1.82, 2.24) is 5.32 Å². The molecular formula is C12H17ClN2O. The lowest BCUT2D eigenvalue weighted by molar-refractivity contribution is -0.118. The average molecular weight is 241 g/mol. The summed E-state index contributed by atoms with van der Waals surface area (Å²) in [4.78, 5) is 10.5. The van der Waals surface area contributed by atoms with Crippen LogP contribution in [0, 0.1) is 0 Å². The SMILES string of the molecule is NC(=O)CCCCNCc1ccccc1Cl. The van der Waals surface area contributed by atoms with Gasteiger partial charge in [-0.15, -0.1) is 0 Å². The van der Waals surface area contributed by atoms with Crippen molar-refractivity contribution >= 4 is 17.5 Å². The molecule has 0 unspecified atom stereocenters. The fourth-order valence-electron chi connectivity index (χ4n) is 1.41. The van der Waals surface area contributed by atoms with E-state index in [1.54, 1.807) is 0 Å². The molecular weight excluding hydrogens is 224 g/mol. The summed E-state index contributed by atoms with van der Waals surface area (Å²) < 4.78 is 0. The van der Waals surface area contributed by atoms with Crippen LogP contribution in [0.15, 0.2) is 24.3 Å². The van der Waals surface area contributed by atoms with Gasteiger partial charge in [0, 0.05) is 18.0 Å². The Balaban J connectivity index is 2.12. The topological polar surface area (TPSA) is 55.1 Å². The van der Waals surface area contributed by atoms with Gasteiger partial charge in [0.05, 0.1) is 0 Å². The predicted octanol–water partition coefficient (Wildman–Crippen LogP) is 2.09. The van der Waals surface area contributed by atoms with Crippen LogP contribution in [0.1, 0.15) is 24.8 Å². The quantitative estimate of drug-likeness (QED) is 0.717. The Morgan fingerprint density at radius 2 is 2.06 bits per heavy atom. The highest BCUT2D eigenvalue weighted by molar-refractivity contribution is 6.31. The Labute approximate surface area is 101 Å². The molecule has 0 spiro atoms. The van der Waals surface area contributed by atoms with Gasteiger partial charge in [-0.05, 0) is 31.0 Å². The van der Waals surface area contributed by atoms with Crippen LogP contribution >= 0.6 is 11.6 Å². The van der Waals surface area contributed by atoms with E-state index in [4.69, 9.17) is 17.3 Å². The summed E-state index contributed by atoms with van der Waals surface area (Å²) in [5, 5.41) is 4.06. The summed E-state index contributed by atoms with van der Waals surface area (Å²) in [7, 11) is 0. The van der Waals surface area contributed by atoms with E-state index in [0.717, 1.165) is 36.5 Å². The number of carbonyl (C=O) groups is 1. The number of nitrogens with one attached hydrogen (secondary N) is 1. The maximum Gasteiger partial charge on any atom is 0.217 e. The minimum Gasteiger partial charge on any atom is -0.370 e.